The fourth-order valence-electron chi connectivity index (χ4n) is 2.85. The smallest absolute Gasteiger partial charge is 0.241 e. The van der Waals surface area contributed by atoms with E-state index < -0.39 is 26.3 Å². The van der Waals surface area contributed by atoms with E-state index in [-0.39, 0.29) is 17.5 Å². The second-order valence-corrected chi connectivity index (χ2v) is 8.16. The van der Waals surface area contributed by atoms with Gasteiger partial charge in [0.15, 0.2) is 5.82 Å². The predicted octanol–water partition coefficient (Wildman–Crippen LogP) is 2.47. The lowest BCUT2D eigenvalue weighted by Gasteiger charge is -2.15. The van der Waals surface area contributed by atoms with Crippen molar-refractivity contribution in [3.05, 3.63) is 53.1 Å². The summed E-state index contributed by atoms with van der Waals surface area (Å²) in [7, 11) is -1.42. The number of nitrogens with two attached hydrogens (primary N) is 1. The third-order valence-electron chi connectivity index (χ3n) is 4.21. The van der Waals surface area contributed by atoms with Gasteiger partial charge in [0.05, 0.1) is 19.8 Å². The summed E-state index contributed by atoms with van der Waals surface area (Å²) >= 11 is 0.981. The molecule has 29 heavy (non-hydrogen) atoms. The van der Waals surface area contributed by atoms with Crippen LogP contribution in [0.5, 0.6) is 11.5 Å². The van der Waals surface area contributed by atoms with E-state index in [4.69, 9.17) is 14.6 Å². The van der Waals surface area contributed by atoms with Crippen molar-refractivity contribution < 1.29 is 22.3 Å². The molecule has 1 aromatic heterocycles. The molecule has 0 aliphatic rings. The van der Waals surface area contributed by atoms with Gasteiger partial charge >= 0.3 is 0 Å². The second kappa shape index (κ2) is 8.12. The Kier molecular flexibility index (Phi) is 5.78. The van der Waals surface area contributed by atoms with Crippen molar-refractivity contribution in [2.24, 2.45) is 5.14 Å². The Bertz CT molecular complexity index is 1210. The summed E-state index contributed by atoms with van der Waals surface area (Å²) in [5.74, 6) is -0.177. The highest BCUT2D eigenvalue weighted by Gasteiger charge is 2.26. The maximum absolute atomic E-state index is 14.9. The van der Waals surface area contributed by atoms with Crippen LogP contribution < -0.4 is 14.6 Å². The zero-order valence-electron chi connectivity index (χ0n) is 15.3. The predicted molar refractivity (Wildman–Crippen MR) is 104 cm³/mol. The fraction of sp³-hybridized carbons (Fsp3) is 0.167. The minimum absolute atomic E-state index is 0.0762. The molecular formula is C18H15FN4O4S2. The maximum Gasteiger partial charge on any atom is 0.241 e. The Morgan fingerprint density at radius 3 is 2.59 bits per heavy atom. The Morgan fingerprint density at radius 1 is 1.28 bits per heavy atom. The van der Waals surface area contributed by atoms with Crippen LogP contribution in [0, 0.1) is 17.1 Å². The number of benzene rings is 2. The van der Waals surface area contributed by atoms with Gasteiger partial charge in [0, 0.05) is 18.1 Å². The van der Waals surface area contributed by atoms with E-state index in [1.807, 2.05) is 0 Å². The Labute approximate surface area is 170 Å². The summed E-state index contributed by atoms with van der Waals surface area (Å²) in [5, 5.41) is 15.1. The molecule has 0 saturated carbocycles. The van der Waals surface area contributed by atoms with Crippen molar-refractivity contribution in [1.82, 2.24) is 9.36 Å². The average molecular weight is 434 g/mol. The third-order valence-corrected chi connectivity index (χ3v) is 5.82. The largest absolute Gasteiger partial charge is 0.497 e. The molecule has 2 aromatic carbocycles. The molecule has 2 N–H and O–H groups in total. The van der Waals surface area contributed by atoms with E-state index in [9.17, 15) is 18.1 Å². The Hall–Kier alpha value is -3.07. The summed E-state index contributed by atoms with van der Waals surface area (Å²) in [5.41, 5.74) is 0.711. The first-order chi connectivity index (χ1) is 13.8. The van der Waals surface area contributed by atoms with Gasteiger partial charge in [-0.15, -0.1) is 0 Å². The van der Waals surface area contributed by atoms with E-state index in [0.29, 0.717) is 22.1 Å². The van der Waals surface area contributed by atoms with Gasteiger partial charge in [-0.25, -0.2) is 22.9 Å². The molecular weight excluding hydrogens is 419 g/mol. The fourth-order valence-corrected chi connectivity index (χ4v) is 4.05. The van der Waals surface area contributed by atoms with Gasteiger partial charge in [0.1, 0.15) is 33.8 Å². The normalized spacial score (nSPS) is 11.1. The zero-order chi connectivity index (χ0) is 21.2. The first kappa shape index (κ1) is 20.7. The van der Waals surface area contributed by atoms with Crippen molar-refractivity contribution in [1.29, 1.82) is 5.26 Å². The van der Waals surface area contributed by atoms with Crippen molar-refractivity contribution >= 4 is 21.6 Å². The zero-order valence-corrected chi connectivity index (χ0v) is 17.0. The van der Waals surface area contributed by atoms with Gasteiger partial charge in [0.2, 0.25) is 10.0 Å². The quantitative estimate of drug-likeness (QED) is 0.631. The van der Waals surface area contributed by atoms with Crippen LogP contribution in [-0.2, 0) is 16.4 Å². The molecule has 0 radical (unpaired) electrons. The topological polar surface area (TPSA) is 128 Å². The van der Waals surface area contributed by atoms with Crippen LogP contribution in [0.15, 0.2) is 35.5 Å². The average Bonchev–Trinajstić information content (AvgIpc) is 3.22. The molecule has 0 bridgehead atoms. The first-order valence-electron chi connectivity index (χ1n) is 8.06. The summed E-state index contributed by atoms with van der Waals surface area (Å²) in [6.07, 6.45) is 1.36. The van der Waals surface area contributed by atoms with Crippen LogP contribution in [0.25, 0.3) is 10.6 Å². The molecule has 3 aromatic rings. The number of primary sulfonamides is 1. The number of ether oxygens (including phenoxy) is 2. The highest BCUT2D eigenvalue weighted by molar-refractivity contribution is 7.89. The summed E-state index contributed by atoms with van der Waals surface area (Å²) < 4.78 is 53.0. The van der Waals surface area contributed by atoms with Crippen LogP contribution in [0.1, 0.15) is 16.7 Å². The molecule has 0 aliphatic heterocycles. The molecule has 3 rings (SSSR count). The monoisotopic (exact) mass is 434 g/mol. The molecule has 0 spiro atoms. The summed E-state index contributed by atoms with van der Waals surface area (Å²) in [6, 6.07) is 7.90. The first-order valence-corrected chi connectivity index (χ1v) is 10.4. The molecule has 1 heterocycles. The van der Waals surface area contributed by atoms with Gasteiger partial charge in [-0.2, -0.15) is 9.64 Å². The van der Waals surface area contributed by atoms with Gasteiger partial charge < -0.3 is 9.47 Å². The molecule has 0 unspecified atom stereocenters. The van der Waals surface area contributed by atoms with E-state index >= 15 is 0 Å². The SMILES string of the molecule is COc1ccc(Cc2c(-c3ncns3)cc(S(N)(=O)=O)c(F)c2C#N)c(OC)c1. The molecule has 150 valence electrons. The van der Waals surface area contributed by atoms with E-state index in [1.54, 1.807) is 24.3 Å². The third kappa shape index (κ3) is 4.04. The number of nitriles is 1. The van der Waals surface area contributed by atoms with Crippen molar-refractivity contribution in [2.75, 3.05) is 14.2 Å². The van der Waals surface area contributed by atoms with Crippen LogP contribution in [0.2, 0.25) is 0 Å². The number of aromatic nitrogens is 2. The molecule has 0 fully saturated rings. The van der Waals surface area contributed by atoms with Gasteiger partial charge in [-0.1, -0.05) is 6.07 Å². The minimum Gasteiger partial charge on any atom is -0.497 e. The highest BCUT2D eigenvalue weighted by Crippen LogP contribution is 2.36. The van der Waals surface area contributed by atoms with Gasteiger partial charge in [-0.05, 0) is 34.8 Å². The van der Waals surface area contributed by atoms with Gasteiger partial charge in [-0.3, -0.25) is 0 Å². The second-order valence-electron chi connectivity index (χ2n) is 5.85. The van der Waals surface area contributed by atoms with Crippen molar-refractivity contribution in [3.8, 4) is 28.1 Å². The van der Waals surface area contributed by atoms with Crippen molar-refractivity contribution in [3.63, 3.8) is 0 Å². The number of hydrogen-bond acceptors (Lipinski definition) is 8. The summed E-state index contributed by atoms with van der Waals surface area (Å²) in [4.78, 5) is 3.30. The number of sulfonamides is 1. The molecule has 0 aliphatic carbocycles. The van der Waals surface area contributed by atoms with Crippen LogP contribution in [0.4, 0.5) is 4.39 Å². The number of hydrogen-bond donors (Lipinski definition) is 1. The van der Waals surface area contributed by atoms with Crippen LogP contribution in [0.3, 0.4) is 0 Å². The number of methoxy groups -OCH3 is 2. The molecule has 11 heteroatoms. The number of nitrogens with zero attached hydrogens (tertiary/aromatic N) is 3. The maximum atomic E-state index is 14.9. The molecule has 0 amide bonds. The van der Waals surface area contributed by atoms with E-state index in [0.717, 1.165) is 17.6 Å². The molecule has 0 atom stereocenters. The lowest BCUT2D eigenvalue weighted by atomic mass is 9.94. The minimum atomic E-state index is -4.40. The molecule has 0 saturated heterocycles. The Balaban J connectivity index is 2.29. The lowest BCUT2D eigenvalue weighted by molar-refractivity contribution is 0.391. The summed E-state index contributed by atoms with van der Waals surface area (Å²) in [6.45, 7) is 0. The standard InChI is InChI=1S/C18H15FN4O4S2/c1-26-11-4-3-10(15(6-11)27-2)5-12-13(18-22-9-23-28-18)7-16(29(21,24)25)17(19)14(12)8-20/h3-4,6-7,9H,5H2,1-2H3,(H2,21,24,25). The highest BCUT2D eigenvalue weighted by atomic mass is 32.2. The molecule has 8 nitrogen and oxygen atoms in total. The van der Waals surface area contributed by atoms with Gasteiger partial charge in [0.25, 0.3) is 0 Å². The van der Waals surface area contributed by atoms with Crippen LogP contribution in [-0.4, -0.2) is 32.0 Å². The number of halogens is 1. The lowest BCUT2D eigenvalue weighted by Crippen LogP contribution is -2.16. The van der Waals surface area contributed by atoms with E-state index in [2.05, 4.69) is 9.36 Å². The number of rotatable bonds is 6. The van der Waals surface area contributed by atoms with E-state index in [1.165, 1.54) is 20.5 Å². The Morgan fingerprint density at radius 2 is 2.03 bits per heavy atom. The van der Waals surface area contributed by atoms with Crippen molar-refractivity contribution in [2.45, 2.75) is 11.3 Å². The van der Waals surface area contributed by atoms with Crippen LogP contribution >= 0.6 is 11.5 Å².